The number of halogens is 1. The van der Waals surface area contributed by atoms with Gasteiger partial charge in [0.15, 0.2) is 0 Å². The van der Waals surface area contributed by atoms with Gasteiger partial charge in [-0.15, -0.1) is 0 Å². The summed E-state index contributed by atoms with van der Waals surface area (Å²) in [6.45, 7) is 9.13. The molecule has 7 nitrogen and oxygen atoms in total. The Morgan fingerprint density at radius 3 is 2.31 bits per heavy atom. The van der Waals surface area contributed by atoms with Crippen molar-refractivity contribution in [2.75, 3.05) is 31.9 Å². The number of hydrogen-bond acceptors (Lipinski definition) is 4. The summed E-state index contributed by atoms with van der Waals surface area (Å²) >= 11 is 0. The Morgan fingerprint density at radius 1 is 1.05 bits per heavy atom. The highest BCUT2D eigenvalue weighted by Gasteiger charge is 2.33. The van der Waals surface area contributed by atoms with Gasteiger partial charge in [0.1, 0.15) is 5.82 Å². The third-order valence-corrected chi connectivity index (χ3v) is 9.36. The van der Waals surface area contributed by atoms with Crippen molar-refractivity contribution in [2.24, 2.45) is 5.92 Å². The molecular formula is C30H42FN3O4S. The number of nitrogens with zero attached hydrogens (tertiary/aromatic N) is 3. The van der Waals surface area contributed by atoms with Gasteiger partial charge in [-0.25, -0.2) is 12.8 Å². The lowest BCUT2D eigenvalue weighted by molar-refractivity contribution is -0.135. The highest BCUT2D eigenvalue weighted by molar-refractivity contribution is 7.89. The molecule has 214 valence electrons. The molecule has 1 aliphatic heterocycles. The van der Waals surface area contributed by atoms with E-state index in [1.165, 1.54) is 16.4 Å². The second-order valence-corrected chi connectivity index (χ2v) is 12.9. The Labute approximate surface area is 233 Å². The number of hydrogen-bond donors (Lipinski definition) is 0. The van der Waals surface area contributed by atoms with E-state index in [1.807, 2.05) is 52.0 Å². The average Bonchev–Trinajstić information content (AvgIpc) is 2.90. The van der Waals surface area contributed by atoms with Crippen molar-refractivity contribution in [3.05, 3.63) is 71.0 Å². The van der Waals surface area contributed by atoms with Crippen LogP contribution in [0.25, 0.3) is 0 Å². The fourth-order valence-electron chi connectivity index (χ4n) is 4.92. The largest absolute Gasteiger partial charge is 0.338 e. The third kappa shape index (κ3) is 8.35. The quantitative estimate of drug-likeness (QED) is 0.372. The number of aryl methyl sites for hydroxylation is 1. The summed E-state index contributed by atoms with van der Waals surface area (Å²) in [5, 5.41) is 0. The van der Waals surface area contributed by atoms with E-state index in [4.69, 9.17) is 0 Å². The molecule has 0 radical (unpaired) electrons. The van der Waals surface area contributed by atoms with Crippen molar-refractivity contribution in [1.82, 2.24) is 14.1 Å². The van der Waals surface area contributed by atoms with Gasteiger partial charge < -0.3 is 9.80 Å². The van der Waals surface area contributed by atoms with Crippen LogP contribution in [0.1, 0.15) is 67.9 Å². The van der Waals surface area contributed by atoms with Gasteiger partial charge in [-0.3, -0.25) is 9.59 Å². The molecule has 1 saturated heterocycles. The highest BCUT2D eigenvalue weighted by Crippen LogP contribution is 2.23. The van der Waals surface area contributed by atoms with Gasteiger partial charge in [-0.2, -0.15) is 4.31 Å². The van der Waals surface area contributed by atoms with Gasteiger partial charge >= 0.3 is 0 Å². The highest BCUT2D eigenvalue weighted by atomic mass is 32.2. The number of sulfonamides is 1. The topological polar surface area (TPSA) is 78.0 Å². The summed E-state index contributed by atoms with van der Waals surface area (Å²) in [4.78, 5) is 30.2. The Morgan fingerprint density at radius 2 is 1.69 bits per heavy atom. The lowest BCUT2D eigenvalue weighted by atomic mass is 10.00. The molecule has 2 aromatic carbocycles. The SMILES string of the molecule is CCCS(=O)(=O)N(CCC(C)C)CC(=O)N(Cc1ccccc1C)C1CCN(C(=O)c2ccccc2F)CC1. The molecule has 0 unspecified atom stereocenters. The number of carbonyl (C=O) groups is 2. The average molecular weight is 560 g/mol. The predicted octanol–water partition coefficient (Wildman–Crippen LogP) is 4.86. The zero-order valence-corrected chi connectivity index (χ0v) is 24.4. The number of amides is 2. The molecule has 39 heavy (non-hydrogen) atoms. The number of carbonyl (C=O) groups excluding carboxylic acids is 2. The fourth-order valence-corrected chi connectivity index (χ4v) is 6.39. The molecule has 1 aliphatic rings. The molecule has 1 heterocycles. The number of piperidine rings is 1. The summed E-state index contributed by atoms with van der Waals surface area (Å²) in [6.07, 6.45) is 2.22. The van der Waals surface area contributed by atoms with Crippen molar-refractivity contribution >= 4 is 21.8 Å². The van der Waals surface area contributed by atoms with Crippen molar-refractivity contribution < 1.29 is 22.4 Å². The zero-order valence-electron chi connectivity index (χ0n) is 23.6. The van der Waals surface area contributed by atoms with Crippen LogP contribution in [0, 0.1) is 18.7 Å². The van der Waals surface area contributed by atoms with Crippen LogP contribution < -0.4 is 0 Å². The van der Waals surface area contributed by atoms with Crippen LogP contribution in [0.2, 0.25) is 0 Å². The summed E-state index contributed by atoms with van der Waals surface area (Å²) in [6, 6.07) is 13.7. The lowest BCUT2D eigenvalue weighted by Crippen LogP contribution is -2.51. The van der Waals surface area contributed by atoms with Crippen molar-refractivity contribution in [2.45, 2.75) is 66.0 Å². The summed E-state index contributed by atoms with van der Waals surface area (Å²) in [5.41, 5.74) is 2.10. The molecule has 2 amide bonds. The Hall–Kier alpha value is -2.78. The minimum Gasteiger partial charge on any atom is -0.338 e. The van der Waals surface area contributed by atoms with Crippen molar-refractivity contribution in [3.63, 3.8) is 0 Å². The maximum atomic E-state index is 14.2. The number of likely N-dealkylation sites (tertiary alicyclic amines) is 1. The molecule has 0 N–H and O–H groups in total. The molecule has 0 aromatic heterocycles. The third-order valence-electron chi connectivity index (χ3n) is 7.34. The van der Waals surface area contributed by atoms with Crippen LogP contribution in [0.5, 0.6) is 0 Å². The van der Waals surface area contributed by atoms with E-state index in [2.05, 4.69) is 0 Å². The van der Waals surface area contributed by atoms with E-state index in [0.29, 0.717) is 57.8 Å². The normalized spacial score (nSPS) is 14.7. The van der Waals surface area contributed by atoms with Crippen molar-refractivity contribution in [1.29, 1.82) is 0 Å². The van der Waals surface area contributed by atoms with Gasteiger partial charge in [0.05, 0.1) is 17.9 Å². The molecular weight excluding hydrogens is 517 g/mol. The van der Waals surface area contributed by atoms with Crippen molar-refractivity contribution in [3.8, 4) is 0 Å². The minimum absolute atomic E-state index is 0.00666. The first-order chi connectivity index (χ1) is 18.5. The maximum Gasteiger partial charge on any atom is 0.256 e. The predicted molar refractivity (Wildman–Crippen MR) is 152 cm³/mol. The first-order valence-electron chi connectivity index (χ1n) is 13.9. The molecule has 0 spiro atoms. The van der Waals surface area contributed by atoms with E-state index in [1.54, 1.807) is 21.9 Å². The van der Waals surface area contributed by atoms with Crippen LogP contribution >= 0.6 is 0 Å². The van der Waals surface area contributed by atoms with E-state index in [9.17, 15) is 22.4 Å². The molecule has 2 aromatic rings. The van der Waals surface area contributed by atoms with Gasteiger partial charge in [-0.05, 0) is 61.8 Å². The second-order valence-electron chi connectivity index (χ2n) is 10.8. The van der Waals surface area contributed by atoms with Crippen LogP contribution in [0.15, 0.2) is 48.5 Å². The van der Waals surface area contributed by atoms with E-state index in [-0.39, 0.29) is 35.7 Å². The standard InChI is InChI=1S/C30H42FN3O4S/c1-5-20-39(37,38)33(19-14-23(2)3)22-29(35)34(21-25-11-7-6-10-24(25)4)26-15-17-32(18-16-26)30(36)27-12-8-9-13-28(27)31/h6-13,23,26H,5,14-22H2,1-4H3. The zero-order chi connectivity index (χ0) is 28.6. The second kappa shape index (κ2) is 14.0. The van der Waals surface area contributed by atoms with E-state index < -0.39 is 15.8 Å². The van der Waals surface area contributed by atoms with Crippen LogP contribution in [0.3, 0.4) is 0 Å². The Bertz CT molecular complexity index is 1230. The van der Waals surface area contributed by atoms with E-state index in [0.717, 1.165) is 11.1 Å². The van der Waals surface area contributed by atoms with Crippen LogP contribution in [-0.2, 0) is 21.4 Å². The number of rotatable bonds is 12. The van der Waals surface area contributed by atoms with E-state index >= 15 is 0 Å². The van der Waals surface area contributed by atoms with Gasteiger partial charge in [0.2, 0.25) is 15.9 Å². The van der Waals surface area contributed by atoms with Crippen LogP contribution in [0.4, 0.5) is 4.39 Å². The Kier molecular flexibility index (Phi) is 11.1. The minimum atomic E-state index is -3.57. The molecule has 0 aliphatic carbocycles. The molecule has 0 saturated carbocycles. The molecule has 1 fully saturated rings. The van der Waals surface area contributed by atoms with Gasteiger partial charge in [0, 0.05) is 32.2 Å². The van der Waals surface area contributed by atoms with Gasteiger partial charge in [-0.1, -0.05) is 57.2 Å². The first kappa shape index (κ1) is 30.8. The lowest BCUT2D eigenvalue weighted by Gasteiger charge is -2.39. The molecule has 0 bridgehead atoms. The summed E-state index contributed by atoms with van der Waals surface area (Å²) in [5.74, 6) is -0.823. The van der Waals surface area contributed by atoms with Gasteiger partial charge in [0.25, 0.3) is 5.91 Å². The summed E-state index contributed by atoms with van der Waals surface area (Å²) < 4.78 is 41.7. The maximum absolute atomic E-state index is 14.2. The number of benzene rings is 2. The fraction of sp³-hybridized carbons (Fsp3) is 0.533. The molecule has 0 atom stereocenters. The summed E-state index contributed by atoms with van der Waals surface area (Å²) in [7, 11) is -3.57. The first-order valence-corrected chi connectivity index (χ1v) is 15.5. The monoisotopic (exact) mass is 559 g/mol. The Balaban J connectivity index is 1.81. The molecule has 9 heteroatoms. The smallest absolute Gasteiger partial charge is 0.256 e. The van der Waals surface area contributed by atoms with Crippen LogP contribution in [-0.4, -0.2) is 72.3 Å². The molecule has 3 rings (SSSR count).